The van der Waals surface area contributed by atoms with Gasteiger partial charge in [0, 0.05) is 11.1 Å². The van der Waals surface area contributed by atoms with Gasteiger partial charge in [-0.1, -0.05) is 59.6 Å². The lowest BCUT2D eigenvalue weighted by Crippen LogP contribution is -2.20. The van der Waals surface area contributed by atoms with Gasteiger partial charge in [-0.3, -0.25) is 4.79 Å². The molecule has 3 aromatic carbocycles. The quantitative estimate of drug-likeness (QED) is 0.651. The number of aromatic hydroxyl groups is 1. The molecule has 0 saturated carbocycles. The average molecular weight is 362 g/mol. The van der Waals surface area contributed by atoms with Crippen LogP contribution in [0.15, 0.2) is 54.6 Å². The van der Waals surface area contributed by atoms with Crippen LogP contribution in [0.1, 0.15) is 0 Å². The zero-order valence-corrected chi connectivity index (χ0v) is 13.9. The minimum absolute atomic E-state index is 0.0628. The normalized spacial score (nSPS) is 10.6. The molecule has 0 bridgehead atoms. The van der Waals surface area contributed by atoms with Crippen LogP contribution in [-0.2, 0) is 4.79 Å². The van der Waals surface area contributed by atoms with Gasteiger partial charge in [-0.15, -0.1) is 0 Å². The highest BCUT2D eigenvalue weighted by Gasteiger charge is 2.10. The molecule has 0 heterocycles. The monoisotopic (exact) mass is 361 g/mol. The summed E-state index contributed by atoms with van der Waals surface area (Å²) >= 11 is 11.6. The van der Waals surface area contributed by atoms with E-state index in [-0.39, 0.29) is 28.3 Å². The second kappa shape index (κ2) is 6.99. The van der Waals surface area contributed by atoms with Crippen molar-refractivity contribution in [2.75, 3.05) is 11.9 Å². The number of fused-ring (bicyclic) bond motifs is 1. The van der Waals surface area contributed by atoms with Crippen molar-refractivity contribution in [3.05, 3.63) is 64.6 Å². The Morgan fingerprint density at radius 3 is 2.46 bits per heavy atom. The zero-order valence-electron chi connectivity index (χ0n) is 12.4. The number of anilines is 1. The van der Waals surface area contributed by atoms with Gasteiger partial charge in [-0.05, 0) is 23.6 Å². The summed E-state index contributed by atoms with van der Waals surface area (Å²) in [6.45, 7) is -0.163. The molecule has 0 aromatic heterocycles. The molecule has 0 fully saturated rings. The van der Waals surface area contributed by atoms with Crippen molar-refractivity contribution in [3.8, 4) is 11.5 Å². The first-order chi connectivity index (χ1) is 11.5. The molecule has 122 valence electrons. The number of hydrogen-bond acceptors (Lipinski definition) is 3. The number of rotatable bonds is 4. The van der Waals surface area contributed by atoms with Crippen LogP contribution in [0.3, 0.4) is 0 Å². The van der Waals surface area contributed by atoms with Crippen LogP contribution in [0.4, 0.5) is 5.69 Å². The molecule has 0 radical (unpaired) electrons. The van der Waals surface area contributed by atoms with E-state index >= 15 is 0 Å². The Kier molecular flexibility index (Phi) is 4.79. The maximum absolute atomic E-state index is 12.0. The second-order valence-electron chi connectivity index (χ2n) is 5.10. The number of ether oxygens (including phenoxy) is 1. The summed E-state index contributed by atoms with van der Waals surface area (Å²) in [5.74, 6) is 0.0501. The van der Waals surface area contributed by atoms with Gasteiger partial charge < -0.3 is 15.2 Å². The SMILES string of the molecule is O=C(COc1cccc2ccccc12)Nc1cc(Cl)c(O)c(Cl)c1. The van der Waals surface area contributed by atoms with Crippen LogP contribution in [0.5, 0.6) is 11.5 Å². The molecule has 0 aliphatic rings. The van der Waals surface area contributed by atoms with Crippen molar-refractivity contribution in [2.45, 2.75) is 0 Å². The molecule has 0 unspecified atom stereocenters. The summed E-state index contributed by atoms with van der Waals surface area (Å²) in [6.07, 6.45) is 0. The van der Waals surface area contributed by atoms with Gasteiger partial charge in [0.1, 0.15) is 5.75 Å². The van der Waals surface area contributed by atoms with Crippen molar-refractivity contribution in [3.63, 3.8) is 0 Å². The van der Waals surface area contributed by atoms with Crippen molar-refractivity contribution in [1.29, 1.82) is 0 Å². The highest BCUT2D eigenvalue weighted by molar-refractivity contribution is 6.37. The summed E-state index contributed by atoms with van der Waals surface area (Å²) in [6, 6.07) is 16.2. The van der Waals surface area contributed by atoms with E-state index < -0.39 is 0 Å². The first-order valence-electron chi connectivity index (χ1n) is 7.13. The van der Waals surface area contributed by atoms with Crippen LogP contribution in [0.2, 0.25) is 10.0 Å². The highest BCUT2D eigenvalue weighted by atomic mass is 35.5. The van der Waals surface area contributed by atoms with E-state index in [1.165, 1.54) is 12.1 Å². The van der Waals surface area contributed by atoms with Crippen molar-refractivity contribution >= 4 is 45.6 Å². The van der Waals surface area contributed by atoms with E-state index in [1.54, 1.807) is 0 Å². The van der Waals surface area contributed by atoms with Crippen LogP contribution >= 0.6 is 23.2 Å². The third-order valence-corrected chi connectivity index (χ3v) is 3.99. The van der Waals surface area contributed by atoms with Crippen LogP contribution in [0, 0.1) is 0 Å². The molecule has 6 heteroatoms. The second-order valence-corrected chi connectivity index (χ2v) is 5.92. The van der Waals surface area contributed by atoms with Gasteiger partial charge in [-0.25, -0.2) is 0 Å². The first kappa shape index (κ1) is 16.4. The molecule has 0 atom stereocenters. The molecular formula is C18H13Cl2NO3. The van der Waals surface area contributed by atoms with Gasteiger partial charge in [0.15, 0.2) is 12.4 Å². The predicted octanol–water partition coefficient (Wildman–Crippen LogP) is 4.87. The lowest BCUT2D eigenvalue weighted by molar-refractivity contribution is -0.118. The maximum atomic E-state index is 12.0. The summed E-state index contributed by atoms with van der Waals surface area (Å²) < 4.78 is 5.61. The summed E-state index contributed by atoms with van der Waals surface area (Å²) in [4.78, 5) is 12.0. The standard InChI is InChI=1S/C18H13Cl2NO3/c19-14-8-12(9-15(20)18(14)23)21-17(22)10-24-16-7-3-5-11-4-1-2-6-13(11)16/h1-9,23H,10H2,(H,21,22). The Balaban J connectivity index is 1.69. The summed E-state index contributed by atoms with van der Waals surface area (Å²) in [5, 5.41) is 14.2. The Labute approximate surface area is 148 Å². The number of hydrogen-bond donors (Lipinski definition) is 2. The number of nitrogens with one attached hydrogen (secondary N) is 1. The molecular weight excluding hydrogens is 349 g/mol. The van der Waals surface area contributed by atoms with E-state index in [2.05, 4.69) is 5.32 Å². The molecule has 0 spiro atoms. The Bertz CT molecular complexity index is 883. The Hall–Kier alpha value is -2.43. The molecule has 1 amide bonds. The van der Waals surface area contributed by atoms with E-state index in [9.17, 15) is 9.90 Å². The topological polar surface area (TPSA) is 58.6 Å². The van der Waals surface area contributed by atoms with E-state index in [0.29, 0.717) is 11.4 Å². The summed E-state index contributed by atoms with van der Waals surface area (Å²) in [5.41, 5.74) is 0.384. The Morgan fingerprint density at radius 1 is 1.04 bits per heavy atom. The van der Waals surface area contributed by atoms with Gasteiger partial charge in [0.25, 0.3) is 5.91 Å². The average Bonchev–Trinajstić information content (AvgIpc) is 2.57. The smallest absolute Gasteiger partial charge is 0.262 e. The fourth-order valence-corrected chi connectivity index (χ4v) is 2.79. The summed E-state index contributed by atoms with van der Waals surface area (Å²) in [7, 11) is 0. The molecule has 2 N–H and O–H groups in total. The van der Waals surface area contributed by atoms with Gasteiger partial charge in [-0.2, -0.15) is 0 Å². The molecule has 24 heavy (non-hydrogen) atoms. The van der Waals surface area contributed by atoms with Gasteiger partial charge in [0.05, 0.1) is 10.0 Å². The molecule has 3 aromatic rings. The van der Waals surface area contributed by atoms with Crippen LogP contribution in [-0.4, -0.2) is 17.6 Å². The van der Waals surface area contributed by atoms with Gasteiger partial charge in [0.2, 0.25) is 0 Å². The van der Waals surface area contributed by atoms with E-state index in [4.69, 9.17) is 27.9 Å². The van der Waals surface area contributed by atoms with Crippen molar-refractivity contribution in [1.82, 2.24) is 0 Å². The number of phenolic OH excluding ortho intramolecular Hbond substituents is 1. The third kappa shape index (κ3) is 3.55. The van der Waals surface area contributed by atoms with E-state index in [0.717, 1.165) is 10.8 Å². The molecule has 3 rings (SSSR count). The third-order valence-electron chi connectivity index (χ3n) is 3.41. The van der Waals surface area contributed by atoms with Crippen molar-refractivity contribution in [2.24, 2.45) is 0 Å². The largest absolute Gasteiger partial charge is 0.505 e. The maximum Gasteiger partial charge on any atom is 0.262 e. The minimum Gasteiger partial charge on any atom is -0.505 e. The molecule has 0 aliphatic heterocycles. The Morgan fingerprint density at radius 2 is 1.71 bits per heavy atom. The molecule has 0 saturated heterocycles. The fraction of sp³-hybridized carbons (Fsp3) is 0.0556. The lowest BCUT2D eigenvalue weighted by atomic mass is 10.1. The molecule has 4 nitrogen and oxygen atoms in total. The highest BCUT2D eigenvalue weighted by Crippen LogP contribution is 2.34. The number of benzene rings is 3. The number of carbonyl (C=O) groups excluding carboxylic acids is 1. The number of phenols is 1. The van der Waals surface area contributed by atoms with Gasteiger partial charge >= 0.3 is 0 Å². The minimum atomic E-state index is -0.360. The lowest BCUT2D eigenvalue weighted by Gasteiger charge is -2.10. The van der Waals surface area contributed by atoms with E-state index in [1.807, 2.05) is 42.5 Å². The number of amides is 1. The zero-order chi connectivity index (χ0) is 17.1. The number of halogens is 2. The molecule has 0 aliphatic carbocycles. The first-order valence-corrected chi connectivity index (χ1v) is 7.88. The fourth-order valence-electron chi connectivity index (χ4n) is 2.30. The predicted molar refractivity (Wildman–Crippen MR) is 96.2 cm³/mol. The van der Waals surface area contributed by atoms with Crippen LogP contribution in [0.25, 0.3) is 10.8 Å². The van der Waals surface area contributed by atoms with Crippen LogP contribution < -0.4 is 10.1 Å². The van der Waals surface area contributed by atoms with Crippen molar-refractivity contribution < 1.29 is 14.6 Å². The number of carbonyl (C=O) groups is 1.